The Hall–Kier alpha value is -1.14. The van der Waals surface area contributed by atoms with Gasteiger partial charge in [0.1, 0.15) is 5.82 Å². The average molecular weight is 342 g/mol. The molecular formula is C14H20BrN3O2. The molecule has 1 heterocycles. The topological polar surface area (TPSA) is 56.7 Å². The molecule has 1 saturated carbocycles. The van der Waals surface area contributed by atoms with Crippen LogP contribution in [0.5, 0.6) is 0 Å². The van der Waals surface area contributed by atoms with E-state index in [1.807, 2.05) is 19.0 Å². The fourth-order valence-electron chi connectivity index (χ4n) is 2.15. The number of nitrogens with zero attached hydrogens (tertiary/aromatic N) is 3. The van der Waals surface area contributed by atoms with Gasteiger partial charge in [0.05, 0.1) is 11.7 Å². The molecule has 1 N–H and O–H groups in total. The summed E-state index contributed by atoms with van der Waals surface area (Å²) in [7, 11) is 5.42. The lowest BCUT2D eigenvalue weighted by Crippen LogP contribution is -2.36. The van der Waals surface area contributed by atoms with E-state index in [0.717, 1.165) is 17.3 Å². The lowest BCUT2D eigenvalue weighted by Gasteiger charge is -2.23. The van der Waals surface area contributed by atoms with Gasteiger partial charge < -0.3 is 14.9 Å². The first-order valence-corrected chi connectivity index (χ1v) is 7.46. The quantitative estimate of drug-likeness (QED) is 0.886. The summed E-state index contributed by atoms with van der Waals surface area (Å²) in [6.45, 7) is 0.364. The maximum absolute atomic E-state index is 12.5. The number of aliphatic hydroxyl groups is 1. The van der Waals surface area contributed by atoms with E-state index in [-0.39, 0.29) is 5.91 Å². The predicted molar refractivity (Wildman–Crippen MR) is 82.0 cm³/mol. The van der Waals surface area contributed by atoms with Crippen molar-refractivity contribution in [2.45, 2.75) is 18.9 Å². The molecule has 0 radical (unpaired) electrons. The zero-order chi connectivity index (χ0) is 14.9. The number of hydrogen-bond acceptors (Lipinski definition) is 4. The Labute approximate surface area is 127 Å². The van der Waals surface area contributed by atoms with Crippen LogP contribution in [-0.4, -0.2) is 54.7 Å². The van der Waals surface area contributed by atoms with Crippen LogP contribution in [0, 0.1) is 5.92 Å². The standard InChI is InChI=1S/C14H20BrN3O2/c1-17(2)13-11(6-10(15)7-16-13)14(20)18(3)8-12(19)9-4-5-9/h6-7,9,12,19H,4-5,8H2,1-3H3. The minimum Gasteiger partial charge on any atom is -0.391 e. The van der Waals surface area contributed by atoms with Crippen LogP contribution in [0.25, 0.3) is 0 Å². The molecule has 110 valence electrons. The smallest absolute Gasteiger partial charge is 0.257 e. The maximum atomic E-state index is 12.5. The van der Waals surface area contributed by atoms with Gasteiger partial charge in [0.15, 0.2) is 0 Å². The van der Waals surface area contributed by atoms with Crippen molar-refractivity contribution < 1.29 is 9.90 Å². The van der Waals surface area contributed by atoms with Gasteiger partial charge in [-0.05, 0) is 40.8 Å². The van der Waals surface area contributed by atoms with Crippen molar-refractivity contribution in [1.82, 2.24) is 9.88 Å². The number of anilines is 1. The van der Waals surface area contributed by atoms with E-state index in [1.165, 1.54) is 0 Å². The van der Waals surface area contributed by atoms with Crippen molar-refractivity contribution in [3.05, 3.63) is 22.3 Å². The molecule has 1 amide bonds. The molecule has 6 heteroatoms. The Bertz CT molecular complexity index is 503. The molecule has 0 bridgehead atoms. The third-order valence-electron chi connectivity index (χ3n) is 3.46. The maximum Gasteiger partial charge on any atom is 0.257 e. The molecule has 1 aliphatic rings. The SMILES string of the molecule is CN(CC(O)C1CC1)C(=O)c1cc(Br)cnc1N(C)C. The number of likely N-dealkylation sites (N-methyl/N-ethyl adjacent to an activating group) is 1. The molecule has 1 fully saturated rings. The lowest BCUT2D eigenvalue weighted by atomic mass is 10.2. The van der Waals surface area contributed by atoms with Gasteiger partial charge in [0.2, 0.25) is 0 Å². The van der Waals surface area contributed by atoms with E-state index >= 15 is 0 Å². The minimum absolute atomic E-state index is 0.123. The van der Waals surface area contributed by atoms with Gasteiger partial charge in [0.25, 0.3) is 5.91 Å². The van der Waals surface area contributed by atoms with Gasteiger partial charge in [-0.3, -0.25) is 4.79 Å². The fraction of sp³-hybridized carbons (Fsp3) is 0.571. The third-order valence-corrected chi connectivity index (χ3v) is 3.89. The van der Waals surface area contributed by atoms with E-state index in [4.69, 9.17) is 0 Å². The van der Waals surface area contributed by atoms with Crippen molar-refractivity contribution in [2.24, 2.45) is 5.92 Å². The highest BCUT2D eigenvalue weighted by atomic mass is 79.9. The van der Waals surface area contributed by atoms with Crippen molar-refractivity contribution in [3.8, 4) is 0 Å². The van der Waals surface area contributed by atoms with E-state index in [1.54, 1.807) is 24.2 Å². The first-order chi connectivity index (χ1) is 9.40. The summed E-state index contributed by atoms with van der Waals surface area (Å²) in [5.74, 6) is 0.868. The van der Waals surface area contributed by atoms with Crippen LogP contribution in [0.4, 0.5) is 5.82 Å². The number of pyridine rings is 1. The van der Waals surface area contributed by atoms with Gasteiger partial charge in [-0.15, -0.1) is 0 Å². The van der Waals surface area contributed by atoms with Crippen LogP contribution in [0.15, 0.2) is 16.7 Å². The Morgan fingerprint density at radius 1 is 1.50 bits per heavy atom. The molecule has 5 nitrogen and oxygen atoms in total. The van der Waals surface area contributed by atoms with Gasteiger partial charge in [-0.2, -0.15) is 0 Å². The second-order valence-electron chi connectivity index (χ2n) is 5.51. The first-order valence-electron chi connectivity index (χ1n) is 6.66. The zero-order valence-corrected chi connectivity index (χ0v) is 13.6. The summed E-state index contributed by atoms with van der Waals surface area (Å²) in [5.41, 5.74) is 0.537. The van der Waals surface area contributed by atoms with Gasteiger partial charge in [-0.1, -0.05) is 0 Å². The number of carbonyl (C=O) groups is 1. The van der Waals surface area contributed by atoms with Crippen molar-refractivity contribution in [3.63, 3.8) is 0 Å². The van der Waals surface area contributed by atoms with Crippen molar-refractivity contribution >= 4 is 27.7 Å². The molecule has 1 unspecified atom stereocenters. The monoisotopic (exact) mass is 341 g/mol. The van der Waals surface area contributed by atoms with Crippen molar-refractivity contribution in [1.29, 1.82) is 0 Å². The Morgan fingerprint density at radius 2 is 2.15 bits per heavy atom. The van der Waals surface area contributed by atoms with E-state index in [2.05, 4.69) is 20.9 Å². The van der Waals surface area contributed by atoms with Gasteiger partial charge in [0, 0.05) is 38.4 Å². The second kappa shape index (κ2) is 6.10. The summed E-state index contributed by atoms with van der Waals surface area (Å²) in [6.07, 6.45) is 3.37. The molecule has 20 heavy (non-hydrogen) atoms. The van der Waals surface area contributed by atoms with Crippen molar-refractivity contribution in [2.75, 3.05) is 32.6 Å². The Morgan fingerprint density at radius 3 is 2.70 bits per heavy atom. The summed E-state index contributed by atoms with van der Waals surface area (Å²) in [6, 6.07) is 1.77. The summed E-state index contributed by atoms with van der Waals surface area (Å²) in [5, 5.41) is 9.96. The third kappa shape index (κ3) is 3.49. The minimum atomic E-state index is -0.424. The van der Waals surface area contributed by atoms with Gasteiger partial charge >= 0.3 is 0 Å². The van der Waals surface area contributed by atoms with Crippen LogP contribution in [0.1, 0.15) is 23.2 Å². The van der Waals surface area contributed by atoms with Crippen LogP contribution >= 0.6 is 15.9 Å². The molecule has 0 aliphatic heterocycles. The van der Waals surface area contributed by atoms with E-state index in [9.17, 15) is 9.90 Å². The molecule has 1 atom stereocenters. The molecular weight excluding hydrogens is 322 g/mol. The lowest BCUT2D eigenvalue weighted by molar-refractivity contribution is 0.0645. The van der Waals surface area contributed by atoms with E-state index < -0.39 is 6.10 Å². The summed E-state index contributed by atoms with van der Waals surface area (Å²) >= 11 is 3.35. The number of rotatable bonds is 5. The Kier molecular flexibility index (Phi) is 4.65. The summed E-state index contributed by atoms with van der Waals surface area (Å²) in [4.78, 5) is 20.2. The van der Waals surface area contributed by atoms with Crippen LogP contribution < -0.4 is 4.90 Å². The van der Waals surface area contributed by atoms with Gasteiger partial charge in [-0.25, -0.2) is 4.98 Å². The number of halogens is 1. The largest absolute Gasteiger partial charge is 0.391 e. The summed E-state index contributed by atoms with van der Waals surface area (Å²) < 4.78 is 0.766. The number of carbonyl (C=O) groups excluding carboxylic acids is 1. The highest BCUT2D eigenvalue weighted by Gasteiger charge is 2.31. The zero-order valence-electron chi connectivity index (χ0n) is 12.0. The van der Waals surface area contributed by atoms with Crippen LogP contribution in [0.2, 0.25) is 0 Å². The molecule has 0 spiro atoms. The highest BCUT2D eigenvalue weighted by Crippen LogP contribution is 2.33. The molecule has 0 aromatic carbocycles. The molecule has 1 aromatic rings. The molecule has 2 rings (SSSR count). The highest BCUT2D eigenvalue weighted by molar-refractivity contribution is 9.10. The number of hydrogen-bond donors (Lipinski definition) is 1. The molecule has 0 saturated heterocycles. The Balaban J connectivity index is 2.16. The van der Waals surface area contributed by atoms with E-state index in [0.29, 0.717) is 23.8 Å². The number of amides is 1. The molecule has 1 aliphatic carbocycles. The normalized spacial score (nSPS) is 15.8. The second-order valence-corrected chi connectivity index (χ2v) is 6.43. The predicted octanol–water partition coefficient (Wildman–Crippen LogP) is 1.75. The van der Waals surface area contributed by atoms with Crippen LogP contribution in [-0.2, 0) is 0 Å². The number of aliphatic hydroxyl groups excluding tert-OH is 1. The average Bonchev–Trinajstić information content (AvgIpc) is 3.21. The first kappa shape index (κ1) is 15.3. The number of aromatic nitrogens is 1. The fourth-order valence-corrected chi connectivity index (χ4v) is 2.48. The molecule has 1 aromatic heterocycles. The van der Waals surface area contributed by atoms with Crippen LogP contribution in [0.3, 0.4) is 0 Å².